The highest BCUT2D eigenvalue weighted by Crippen LogP contribution is 2.36. The van der Waals surface area contributed by atoms with Gasteiger partial charge in [0.2, 0.25) is 0 Å². The van der Waals surface area contributed by atoms with Crippen LogP contribution in [-0.2, 0) is 6.42 Å². The van der Waals surface area contributed by atoms with Crippen LogP contribution in [0, 0.1) is 0 Å². The molecule has 0 aliphatic heterocycles. The van der Waals surface area contributed by atoms with Crippen LogP contribution < -0.4 is 5.32 Å². The Balaban J connectivity index is 2.02. The smallest absolute Gasteiger partial charge is 0.133 e. The predicted octanol–water partition coefficient (Wildman–Crippen LogP) is 3.50. The van der Waals surface area contributed by atoms with Gasteiger partial charge in [-0.1, -0.05) is 19.9 Å². The van der Waals surface area contributed by atoms with Crippen LogP contribution in [0.1, 0.15) is 61.8 Å². The van der Waals surface area contributed by atoms with E-state index in [1.165, 1.54) is 11.3 Å². The maximum absolute atomic E-state index is 4.80. The van der Waals surface area contributed by atoms with Crippen LogP contribution in [0.4, 0.5) is 5.82 Å². The predicted molar refractivity (Wildman–Crippen MR) is 84.7 cm³/mol. The van der Waals surface area contributed by atoms with Crippen molar-refractivity contribution in [3.63, 3.8) is 0 Å². The third-order valence-electron chi connectivity index (χ3n) is 3.95. The van der Waals surface area contributed by atoms with Crippen molar-refractivity contribution >= 4 is 5.82 Å². The van der Waals surface area contributed by atoms with Gasteiger partial charge in [0.15, 0.2) is 0 Å². The van der Waals surface area contributed by atoms with Gasteiger partial charge in [0.05, 0.1) is 11.4 Å². The van der Waals surface area contributed by atoms with Crippen molar-refractivity contribution in [2.75, 3.05) is 11.9 Å². The number of anilines is 1. The van der Waals surface area contributed by atoms with E-state index in [1.54, 1.807) is 0 Å². The SMILES string of the molecule is CCNc1cc(C2CCc3cccnc32)nc(C(C)C)n1. The molecule has 0 fully saturated rings. The Morgan fingerprint density at radius 3 is 2.95 bits per heavy atom. The molecule has 0 saturated heterocycles. The minimum atomic E-state index is 0.305. The second kappa shape index (κ2) is 5.80. The number of hydrogen-bond donors (Lipinski definition) is 1. The fourth-order valence-corrected chi connectivity index (χ4v) is 2.89. The van der Waals surface area contributed by atoms with Crippen LogP contribution >= 0.6 is 0 Å². The first-order chi connectivity index (χ1) is 10.2. The van der Waals surface area contributed by atoms with Crippen molar-refractivity contribution in [3.05, 3.63) is 47.2 Å². The van der Waals surface area contributed by atoms with Gasteiger partial charge in [0.25, 0.3) is 0 Å². The Labute approximate surface area is 126 Å². The van der Waals surface area contributed by atoms with E-state index in [1.807, 2.05) is 12.3 Å². The summed E-state index contributed by atoms with van der Waals surface area (Å²) in [5.41, 5.74) is 3.65. The first kappa shape index (κ1) is 14.0. The zero-order valence-corrected chi connectivity index (χ0v) is 12.9. The average Bonchev–Trinajstić information content (AvgIpc) is 2.91. The number of nitrogens with one attached hydrogen (secondary N) is 1. The highest BCUT2D eigenvalue weighted by Gasteiger charge is 2.27. The van der Waals surface area contributed by atoms with Gasteiger partial charge in [-0.15, -0.1) is 0 Å². The van der Waals surface area contributed by atoms with E-state index in [-0.39, 0.29) is 0 Å². The van der Waals surface area contributed by atoms with E-state index >= 15 is 0 Å². The molecular formula is C17H22N4. The highest BCUT2D eigenvalue weighted by atomic mass is 15.0. The molecule has 21 heavy (non-hydrogen) atoms. The normalized spacial score (nSPS) is 17.0. The van der Waals surface area contributed by atoms with Gasteiger partial charge in [0, 0.05) is 30.6 Å². The van der Waals surface area contributed by atoms with E-state index in [0.29, 0.717) is 11.8 Å². The molecular weight excluding hydrogens is 260 g/mol. The van der Waals surface area contributed by atoms with Crippen molar-refractivity contribution in [1.82, 2.24) is 15.0 Å². The number of hydrogen-bond acceptors (Lipinski definition) is 4. The summed E-state index contributed by atoms with van der Waals surface area (Å²) in [6.07, 6.45) is 4.06. The van der Waals surface area contributed by atoms with Gasteiger partial charge in [-0.05, 0) is 31.4 Å². The summed E-state index contributed by atoms with van der Waals surface area (Å²) in [7, 11) is 0. The molecule has 2 aromatic rings. The molecule has 0 amide bonds. The second-order valence-electron chi connectivity index (χ2n) is 5.86. The molecule has 0 aromatic carbocycles. The Bertz CT molecular complexity index is 636. The molecule has 1 unspecified atom stereocenters. The summed E-state index contributed by atoms with van der Waals surface area (Å²) in [6, 6.07) is 6.28. The zero-order valence-electron chi connectivity index (χ0n) is 12.9. The Morgan fingerprint density at radius 1 is 1.33 bits per heavy atom. The van der Waals surface area contributed by atoms with Gasteiger partial charge >= 0.3 is 0 Å². The number of rotatable bonds is 4. The number of pyridine rings is 1. The lowest BCUT2D eigenvalue weighted by atomic mass is 10.0. The lowest BCUT2D eigenvalue weighted by Gasteiger charge is -2.15. The summed E-state index contributed by atoms with van der Waals surface area (Å²) in [5.74, 6) is 2.47. The van der Waals surface area contributed by atoms with Crippen LogP contribution in [0.5, 0.6) is 0 Å². The van der Waals surface area contributed by atoms with Gasteiger partial charge in [0.1, 0.15) is 11.6 Å². The van der Waals surface area contributed by atoms with Crippen LogP contribution in [0.3, 0.4) is 0 Å². The van der Waals surface area contributed by atoms with E-state index < -0.39 is 0 Å². The molecule has 1 aliphatic carbocycles. The molecule has 0 spiro atoms. The first-order valence-electron chi connectivity index (χ1n) is 7.75. The molecule has 110 valence electrons. The summed E-state index contributed by atoms with van der Waals surface area (Å²) in [5, 5.41) is 3.32. The Morgan fingerprint density at radius 2 is 2.19 bits per heavy atom. The third-order valence-corrected chi connectivity index (χ3v) is 3.95. The summed E-state index contributed by atoms with van der Waals surface area (Å²) in [6.45, 7) is 7.22. The Kier molecular flexibility index (Phi) is 3.86. The minimum absolute atomic E-state index is 0.305. The lowest BCUT2D eigenvalue weighted by molar-refractivity contribution is 0.704. The van der Waals surface area contributed by atoms with Crippen LogP contribution in [0.2, 0.25) is 0 Å². The average molecular weight is 282 g/mol. The van der Waals surface area contributed by atoms with Crippen LogP contribution in [0.15, 0.2) is 24.4 Å². The first-order valence-corrected chi connectivity index (χ1v) is 7.75. The Hall–Kier alpha value is -1.97. The number of aromatic nitrogens is 3. The van der Waals surface area contributed by atoms with Crippen molar-refractivity contribution in [2.24, 2.45) is 0 Å². The van der Waals surface area contributed by atoms with Gasteiger partial charge in [-0.25, -0.2) is 9.97 Å². The fourth-order valence-electron chi connectivity index (χ4n) is 2.89. The number of nitrogens with zero attached hydrogens (tertiary/aromatic N) is 3. The fraction of sp³-hybridized carbons (Fsp3) is 0.471. The van der Waals surface area contributed by atoms with E-state index in [2.05, 4.69) is 48.2 Å². The van der Waals surface area contributed by atoms with Gasteiger partial charge < -0.3 is 5.32 Å². The molecule has 4 nitrogen and oxygen atoms in total. The summed E-state index contributed by atoms with van der Waals surface area (Å²) < 4.78 is 0. The minimum Gasteiger partial charge on any atom is -0.370 e. The molecule has 1 atom stereocenters. The molecule has 0 bridgehead atoms. The number of aryl methyl sites for hydroxylation is 1. The quantitative estimate of drug-likeness (QED) is 0.932. The molecule has 1 aliphatic rings. The zero-order chi connectivity index (χ0) is 14.8. The van der Waals surface area contributed by atoms with Crippen LogP contribution in [0.25, 0.3) is 0 Å². The molecule has 0 radical (unpaired) electrons. The molecule has 1 N–H and O–H groups in total. The number of fused-ring (bicyclic) bond motifs is 1. The molecule has 2 aromatic heterocycles. The highest BCUT2D eigenvalue weighted by molar-refractivity contribution is 5.42. The maximum Gasteiger partial charge on any atom is 0.133 e. The van der Waals surface area contributed by atoms with E-state index in [4.69, 9.17) is 4.98 Å². The molecule has 4 heteroatoms. The van der Waals surface area contributed by atoms with Crippen molar-refractivity contribution in [3.8, 4) is 0 Å². The largest absolute Gasteiger partial charge is 0.370 e. The summed E-state index contributed by atoms with van der Waals surface area (Å²) in [4.78, 5) is 14.0. The van der Waals surface area contributed by atoms with E-state index in [9.17, 15) is 0 Å². The van der Waals surface area contributed by atoms with Crippen molar-refractivity contribution in [2.45, 2.75) is 45.4 Å². The second-order valence-corrected chi connectivity index (χ2v) is 5.86. The molecule has 0 saturated carbocycles. The molecule has 3 rings (SSSR count). The van der Waals surface area contributed by atoms with Crippen molar-refractivity contribution in [1.29, 1.82) is 0 Å². The lowest BCUT2D eigenvalue weighted by Crippen LogP contribution is -2.10. The topological polar surface area (TPSA) is 50.7 Å². The van der Waals surface area contributed by atoms with Gasteiger partial charge in [-0.3, -0.25) is 4.98 Å². The standard InChI is InChI=1S/C17H22N4/c1-4-18-15-10-14(20-17(21-15)11(2)3)13-8-7-12-6-5-9-19-16(12)13/h5-6,9-11,13H,4,7-8H2,1-3H3,(H,18,20,21). The van der Waals surface area contributed by atoms with Crippen molar-refractivity contribution < 1.29 is 0 Å². The monoisotopic (exact) mass is 282 g/mol. The maximum atomic E-state index is 4.80. The summed E-state index contributed by atoms with van der Waals surface area (Å²) >= 11 is 0. The molecule has 2 heterocycles. The third kappa shape index (κ3) is 2.75. The van der Waals surface area contributed by atoms with Crippen LogP contribution in [-0.4, -0.2) is 21.5 Å². The van der Waals surface area contributed by atoms with E-state index in [0.717, 1.165) is 36.7 Å². The van der Waals surface area contributed by atoms with Gasteiger partial charge in [-0.2, -0.15) is 0 Å².